The molecule has 0 aliphatic rings. The van der Waals surface area contributed by atoms with Gasteiger partial charge in [0.15, 0.2) is 5.96 Å². The Morgan fingerprint density at radius 3 is 2.91 bits per heavy atom. The van der Waals surface area contributed by atoms with Crippen LogP contribution in [0.25, 0.3) is 0 Å². The van der Waals surface area contributed by atoms with Crippen molar-refractivity contribution < 1.29 is 9.47 Å². The fourth-order valence-electron chi connectivity index (χ4n) is 1.91. The first-order chi connectivity index (χ1) is 11.1. The van der Waals surface area contributed by atoms with Crippen molar-refractivity contribution in [2.75, 3.05) is 19.0 Å². The summed E-state index contributed by atoms with van der Waals surface area (Å²) in [5.41, 5.74) is 7.50. The highest BCUT2D eigenvalue weighted by Gasteiger charge is 2.05. The summed E-state index contributed by atoms with van der Waals surface area (Å²) in [6, 6.07) is 9.02. The molecular formula is C16H19ClN4O2. The first kappa shape index (κ1) is 16.9. The predicted molar refractivity (Wildman–Crippen MR) is 92.4 cm³/mol. The Morgan fingerprint density at radius 2 is 2.22 bits per heavy atom. The standard InChI is InChI=1S/C16H19ClN4O2/c1-3-23-15-11(5-4-8-19-15)10-20-16(18)21-12-6-7-14(22-2)13(17)9-12/h4-9H,3,10H2,1-2H3,(H3,18,20,21). The van der Waals surface area contributed by atoms with E-state index in [4.69, 9.17) is 26.8 Å². The van der Waals surface area contributed by atoms with E-state index in [9.17, 15) is 0 Å². The quantitative estimate of drug-likeness (QED) is 0.626. The molecule has 0 bridgehead atoms. The van der Waals surface area contributed by atoms with Crippen LogP contribution in [0.1, 0.15) is 12.5 Å². The van der Waals surface area contributed by atoms with E-state index >= 15 is 0 Å². The summed E-state index contributed by atoms with van der Waals surface area (Å²) in [5, 5.41) is 3.48. The molecule has 3 N–H and O–H groups in total. The molecular weight excluding hydrogens is 316 g/mol. The van der Waals surface area contributed by atoms with Crippen LogP contribution in [0.2, 0.25) is 5.02 Å². The van der Waals surface area contributed by atoms with E-state index in [-0.39, 0.29) is 5.96 Å². The van der Waals surface area contributed by atoms with Crippen LogP contribution in [0, 0.1) is 0 Å². The molecule has 0 spiro atoms. The van der Waals surface area contributed by atoms with Gasteiger partial charge in [0.25, 0.3) is 0 Å². The number of nitrogens with two attached hydrogens (primary N) is 1. The monoisotopic (exact) mass is 334 g/mol. The number of nitrogens with zero attached hydrogens (tertiary/aromatic N) is 2. The lowest BCUT2D eigenvalue weighted by Crippen LogP contribution is -2.22. The van der Waals surface area contributed by atoms with Gasteiger partial charge in [-0.05, 0) is 31.2 Å². The van der Waals surface area contributed by atoms with Gasteiger partial charge in [-0.3, -0.25) is 0 Å². The number of halogens is 1. The van der Waals surface area contributed by atoms with Gasteiger partial charge in [-0.15, -0.1) is 0 Å². The lowest BCUT2D eigenvalue weighted by atomic mass is 10.3. The molecule has 1 aromatic carbocycles. The third kappa shape index (κ3) is 4.75. The average Bonchev–Trinajstić information content (AvgIpc) is 2.54. The van der Waals surface area contributed by atoms with Crippen molar-refractivity contribution in [1.29, 1.82) is 0 Å². The molecule has 0 radical (unpaired) electrons. The zero-order chi connectivity index (χ0) is 16.7. The van der Waals surface area contributed by atoms with Crippen LogP contribution < -0.4 is 20.5 Å². The lowest BCUT2D eigenvalue weighted by molar-refractivity contribution is 0.323. The summed E-state index contributed by atoms with van der Waals surface area (Å²) in [7, 11) is 1.56. The molecule has 0 unspecified atom stereocenters. The number of methoxy groups -OCH3 is 1. The van der Waals surface area contributed by atoms with Crippen LogP contribution in [0.5, 0.6) is 11.6 Å². The molecule has 0 aliphatic carbocycles. The van der Waals surface area contributed by atoms with Gasteiger partial charge in [0, 0.05) is 17.4 Å². The number of rotatable bonds is 6. The van der Waals surface area contributed by atoms with Crippen LogP contribution in [0.15, 0.2) is 41.5 Å². The Kier molecular flexibility index (Phi) is 6.05. The van der Waals surface area contributed by atoms with Crippen molar-refractivity contribution in [2.45, 2.75) is 13.5 Å². The molecule has 7 heteroatoms. The number of pyridine rings is 1. The summed E-state index contributed by atoms with van der Waals surface area (Å²) in [6.07, 6.45) is 1.68. The molecule has 0 saturated heterocycles. The Bertz CT molecular complexity index is 692. The van der Waals surface area contributed by atoms with E-state index in [0.29, 0.717) is 29.8 Å². The molecule has 2 rings (SSSR count). The molecule has 0 fully saturated rings. The number of hydrogen-bond acceptors (Lipinski definition) is 4. The highest BCUT2D eigenvalue weighted by Crippen LogP contribution is 2.27. The van der Waals surface area contributed by atoms with E-state index < -0.39 is 0 Å². The Morgan fingerprint density at radius 1 is 1.39 bits per heavy atom. The van der Waals surface area contributed by atoms with Crippen molar-refractivity contribution in [3.05, 3.63) is 47.1 Å². The maximum absolute atomic E-state index is 6.07. The van der Waals surface area contributed by atoms with Crippen molar-refractivity contribution in [3.63, 3.8) is 0 Å². The van der Waals surface area contributed by atoms with Gasteiger partial charge < -0.3 is 20.5 Å². The van der Waals surface area contributed by atoms with Crippen LogP contribution in [0.4, 0.5) is 5.69 Å². The molecule has 2 aromatic rings. The van der Waals surface area contributed by atoms with Crippen molar-refractivity contribution in [2.24, 2.45) is 10.7 Å². The minimum Gasteiger partial charge on any atom is -0.495 e. The molecule has 0 atom stereocenters. The Hall–Kier alpha value is -2.47. The second kappa shape index (κ2) is 8.24. The number of aliphatic imine (C=N–C) groups is 1. The van der Waals surface area contributed by atoms with Crippen LogP contribution in [0.3, 0.4) is 0 Å². The fraction of sp³-hybridized carbons (Fsp3) is 0.250. The van der Waals surface area contributed by atoms with E-state index in [1.54, 1.807) is 25.4 Å². The second-order valence-electron chi connectivity index (χ2n) is 4.58. The van der Waals surface area contributed by atoms with Crippen molar-refractivity contribution >= 4 is 23.2 Å². The van der Waals surface area contributed by atoms with Gasteiger partial charge in [-0.2, -0.15) is 0 Å². The lowest BCUT2D eigenvalue weighted by Gasteiger charge is -2.09. The average molecular weight is 335 g/mol. The fourth-order valence-corrected chi connectivity index (χ4v) is 2.17. The number of ether oxygens (including phenoxy) is 2. The van der Waals surface area contributed by atoms with Crippen molar-refractivity contribution in [1.82, 2.24) is 4.98 Å². The molecule has 1 aromatic heterocycles. The predicted octanol–water partition coefficient (Wildman–Crippen LogP) is 3.07. The van der Waals surface area contributed by atoms with Crippen LogP contribution in [-0.2, 0) is 6.54 Å². The number of anilines is 1. The maximum Gasteiger partial charge on any atom is 0.218 e. The summed E-state index contributed by atoms with van der Waals surface area (Å²) >= 11 is 6.07. The number of hydrogen-bond donors (Lipinski definition) is 2. The minimum atomic E-state index is 0.275. The SMILES string of the molecule is CCOc1ncccc1CN=C(N)Nc1ccc(OC)c(Cl)c1. The molecule has 23 heavy (non-hydrogen) atoms. The summed E-state index contributed by atoms with van der Waals surface area (Å²) in [5.74, 6) is 1.45. The van der Waals surface area contributed by atoms with Gasteiger partial charge in [0.2, 0.25) is 5.88 Å². The third-order valence-corrected chi connectivity index (χ3v) is 3.27. The van der Waals surface area contributed by atoms with Gasteiger partial charge in [0.05, 0.1) is 25.3 Å². The smallest absolute Gasteiger partial charge is 0.218 e. The maximum atomic E-state index is 6.07. The number of aromatic nitrogens is 1. The largest absolute Gasteiger partial charge is 0.495 e. The summed E-state index contributed by atoms with van der Waals surface area (Å²) in [6.45, 7) is 2.82. The van der Waals surface area contributed by atoms with E-state index in [1.165, 1.54) is 0 Å². The molecule has 0 saturated carbocycles. The first-order valence-corrected chi connectivity index (χ1v) is 7.49. The highest BCUT2D eigenvalue weighted by atomic mass is 35.5. The first-order valence-electron chi connectivity index (χ1n) is 7.11. The zero-order valence-corrected chi connectivity index (χ0v) is 13.8. The molecule has 0 amide bonds. The second-order valence-corrected chi connectivity index (χ2v) is 4.98. The highest BCUT2D eigenvalue weighted by molar-refractivity contribution is 6.32. The number of benzene rings is 1. The van der Waals surface area contributed by atoms with Crippen LogP contribution >= 0.6 is 11.6 Å². The minimum absolute atomic E-state index is 0.275. The Balaban J connectivity index is 2.04. The molecule has 0 aliphatic heterocycles. The van der Waals surface area contributed by atoms with Crippen LogP contribution in [-0.4, -0.2) is 24.7 Å². The summed E-state index contributed by atoms with van der Waals surface area (Å²) < 4.78 is 10.6. The van der Waals surface area contributed by atoms with E-state index in [2.05, 4.69) is 15.3 Å². The van der Waals surface area contributed by atoms with Gasteiger partial charge in [0.1, 0.15) is 5.75 Å². The van der Waals surface area contributed by atoms with E-state index in [0.717, 1.165) is 11.3 Å². The normalized spacial score (nSPS) is 11.2. The topological polar surface area (TPSA) is 81.8 Å². The Labute approximate surface area is 140 Å². The third-order valence-electron chi connectivity index (χ3n) is 2.97. The molecule has 1 heterocycles. The van der Waals surface area contributed by atoms with E-state index in [1.807, 2.05) is 25.1 Å². The van der Waals surface area contributed by atoms with Gasteiger partial charge >= 0.3 is 0 Å². The molecule has 6 nitrogen and oxygen atoms in total. The molecule has 122 valence electrons. The zero-order valence-electron chi connectivity index (χ0n) is 13.0. The van der Waals surface area contributed by atoms with Gasteiger partial charge in [-0.1, -0.05) is 17.7 Å². The number of guanidine groups is 1. The summed E-state index contributed by atoms with van der Waals surface area (Å²) in [4.78, 5) is 8.47. The van der Waals surface area contributed by atoms with Gasteiger partial charge in [-0.25, -0.2) is 9.98 Å². The number of nitrogens with one attached hydrogen (secondary N) is 1. The van der Waals surface area contributed by atoms with Crippen molar-refractivity contribution in [3.8, 4) is 11.6 Å².